The quantitative estimate of drug-likeness (QED) is 0.740. The summed E-state index contributed by atoms with van der Waals surface area (Å²) in [6, 6.07) is 11.1. The minimum Gasteiger partial charge on any atom is -0.369 e. The molecule has 1 fully saturated rings. The zero-order valence-corrected chi connectivity index (χ0v) is 16.7. The Morgan fingerprint density at radius 1 is 1.00 bits per heavy atom. The van der Waals surface area contributed by atoms with E-state index in [0.29, 0.717) is 26.2 Å². The molecule has 0 radical (unpaired) electrons. The van der Waals surface area contributed by atoms with Gasteiger partial charge in [0.2, 0.25) is 15.9 Å². The second kappa shape index (κ2) is 8.62. The zero-order valence-electron chi connectivity index (χ0n) is 15.9. The number of nitrogens with two attached hydrogens (primary N) is 1. The third kappa shape index (κ3) is 5.49. The molecular formula is C19H21F3N4O3S. The van der Waals surface area contributed by atoms with Gasteiger partial charge in [0.25, 0.3) is 0 Å². The monoisotopic (exact) mass is 442 g/mol. The highest BCUT2D eigenvalue weighted by Gasteiger charge is 2.33. The molecule has 2 aromatic carbocycles. The number of halogens is 3. The fourth-order valence-electron chi connectivity index (χ4n) is 3.24. The SMILES string of the molecule is NS(=O)(=O)c1ccc(N2CCN(CC(=O)Nc3ccccc3C(F)(F)F)CC2)cc1. The molecule has 0 aromatic heterocycles. The second-order valence-corrected chi connectivity index (χ2v) is 8.46. The highest BCUT2D eigenvalue weighted by atomic mass is 32.2. The number of hydrogen-bond donors (Lipinski definition) is 2. The number of nitrogens with one attached hydrogen (secondary N) is 1. The number of carbonyl (C=O) groups is 1. The molecule has 7 nitrogen and oxygen atoms in total. The number of hydrogen-bond acceptors (Lipinski definition) is 5. The lowest BCUT2D eigenvalue weighted by Crippen LogP contribution is -2.48. The van der Waals surface area contributed by atoms with Gasteiger partial charge in [0.1, 0.15) is 0 Å². The van der Waals surface area contributed by atoms with Crippen LogP contribution in [0.5, 0.6) is 0 Å². The van der Waals surface area contributed by atoms with E-state index in [2.05, 4.69) is 5.32 Å². The zero-order chi connectivity index (χ0) is 21.9. The third-order valence-electron chi connectivity index (χ3n) is 4.78. The number of alkyl halides is 3. The number of anilines is 2. The smallest absolute Gasteiger partial charge is 0.369 e. The first-order valence-electron chi connectivity index (χ1n) is 9.10. The Morgan fingerprint density at radius 2 is 1.60 bits per heavy atom. The maximum absolute atomic E-state index is 13.0. The summed E-state index contributed by atoms with van der Waals surface area (Å²) in [5, 5.41) is 7.43. The van der Waals surface area contributed by atoms with Crippen LogP contribution in [0.2, 0.25) is 0 Å². The molecule has 1 saturated heterocycles. The summed E-state index contributed by atoms with van der Waals surface area (Å²) in [6.45, 7) is 2.21. The van der Waals surface area contributed by atoms with Gasteiger partial charge in [-0.05, 0) is 36.4 Å². The molecule has 3 N–H and O–H groups in total. The third-order valence-corrected chi connectivity index (χ3v) is 5.71. The van der Waals surface area contributed by atoms with E-state index in [1.54, 1.807) is 12.1 Å². The highest BCUT2D eigenvalue weighted by molar-refractivity contribution is 7.89. The topological polar surface area (TPSA) is 95.7 Å². The minimum absolute atomic E-state index is 0.0234. The molecule has 0 atom stereocenters. The number of primary sulfonamides is 1. The minimum atomic E-state index is -4.55. The maximum Gasteiger partial charge on any atom is 0.418 e. The fourth-order valence-corrected chi connectivity index (χ4v) is 3.76. The van der Waals surface area contributed by atoms with Crippen LogP contribution in [0.25, 0.3) is 0 Å². The van der Waals surface area contributed by atoms with E-state index in [1.807, 2.05) is 9.80 Å². The van der Waals surface area contributed by atoms with Gasteiger partial charge in [-0.1, -0.05) is 12.1 Å². The second-order valence-electron chi connectivity index (χ2n) is 6.89. The summed E-state index contributed by atoms with van der Waals surface area (Å²) in [5.41, 5.74) is -0.319. The van der Waals surface area contributed by atoms with E-state index < -0.39 is 27.7 Å². The summed E-state index contributed by atoms with van der Waals surface area (Å²) in [6.07, 6.45) is -4.55. The average molecular weight is 442 g/mol. The molecule has 162 valence electrons. The Labute approximate surface area is 172 Å². The molecule has 0 saturated carbocycles. The van der Waals surface area contributed by atoms with Crippen molar-refractivity contribution in [2.24, 2.45) is 5.14 Å². The van der Waals surface area contributed by atoms with Crippen molar-refractivity contribution in [3.8, 4) is 0 Å². The van der Waals surface area contributed by atoms with E-state index in [-0.39, 0.29) is 17.1 Å². The summed E-state index contributed by atoms with van der Waals surface area (Å²) in [4.78, 5) is 16.1. The number of rotatable bonds is 5. The molecule has 0 unspecified atom stereocenters. The summed E-state index contributed by atoms with van der Waals surface area (Å²) >= 11 is 0. The largest absolute Gasteiger partial charge is 0.418 e. The summed E-state index contributed by atoms with van der Waals surface area (Å²) < 4.78 is 61.8. The van der Waals surface area contributed by atoms with Crippen molar-refractivity contribution in [3.05, 3.63) is 54.1 Å². The van der Waals surface area contributed by atoms with Gasteiger partial charge in [-0.25, -0.2) is 13.6 Å². The maximum atomic E-state index is 13.0. The van der Waals surface area contributed by atoms with Crippen LogP contribution in [-0.4, -0.2) is 51.9 Å². The molecule has 30 heavy (non-hydrogen) atoms. The van der Waals surface area contributed by atoms with E-state index >= 15 is 0 Å². The van der Waals surface area contributed by atoms with Crippen LogP contribution >= 0.6 is 0 Å². The number of benzene rings is 2. The van der Waals surface area contributed by atoms with Crippen LogP contribution in [-0.2, 0) is 21.0 Å². The number of carbonyl (C=O) groups excluding carboxylic acids is 1. The summed E-state index contributed by atoms with van der Waals surface area (Å²) in [5.74, 6) is -0.516. The number of amides is 1. The molecule has 1 aliphatic heterocycles. The van der Waals surface area contributed by atoms with Crippen LogP contribution in [0.4, 0.5) is 24.5 Å². The van der Waals surface area contributed by atoms with Gasteiger partial charge in [-0.15, -0.1) is 0 Å². The molecule has 1 amide bonds. The lowest BCUT2D eigenvalue weighted by atomic mass is 10.1. The number of piperazine rings is 1. The molecular weight excluding hydrogens is 421 g/mol. The Kier molecular flexibility index (Phi) is 6.34. The molecule has 2 aromatic rings. The van der Waals surface area contributed by atoms with Gasteiger partial charge in [0.05, 0.1) is 22.7 Å². The lowest BCUT2D eigenvalue weighted by Gasteiger charge is -2.35. The van der Waals surface area contributed by atoms with Gasteiger partial charge in [-0.3, -0.25) is 9.69 Å². The molecule has 0 bridgehead atoms. The first-order chi connectivity index (χ1) is 14.0. The Bertz CT molecular complexity index is 1000. The Hall–Kier alpha value is -2.63. The van der Waals surface area contributed by atoms with E-state index in [4.69, 9.17) is 5.14 Å². The Morgan fingerprint density at radius 3 is 2.17 bits per heavy atom. The molecule has 0 spiro atoms. The van der Waals surface area contributed by atoms with Crippen molar-refractivity contribution in [2.45, 2.75) is 11.1 Å². The number of para-hydroxylation sites is 1. The normalized spacial score (nSPS) is 15.8. The molecule has 3 rings (SSSR count). The fraction of sp³-hybridized carbons (Fsp3) is 0.316. The van der Waals surface area contributed by atoms with Crippen molar-refractivity contribution in [2.75, 3.05) is 42.9 Å². The standard InChI is InChI=1S/C19H21F3N4O3S/c20-19(21,22)16-3-1-2-4-17(16)24-18(27)13-25-9-11-26(12-10-25)14-5-7-15(8-6-14)30(23,28)29/h1-8H,9-13H2,(H,24,27)(H2,23,28,29). The van der Waals surface area contributed by atoms with Gasteiger partial charge in [0, 0.05) is 31.9 Å². The van der Waals surface area contributed by atoms with Crippen LogP contribution < -0.4 is 15.4 Å². The van der Waals surface area contributed by atoms with Gasteiger partial charge < -0.3 is 10.2 Å². The molecule has 1 aliphatic rings. The van der Waals surface area contributed by atoms with Crippen molar-refractivity contribution in [3.63, 3.8) is 0 Å². The first kappa shape index (κ1) is 22.1. The average Bonchev–Trinajstić information content (AvgIpc) is 2.67. The van der Waals surface area contributed by atoms with E-state index in [0.717, 1.165) is 11.8 Å². The first-order valence-corrected chi connectivity index (χ1v) is 10.6. The molecule has 0 aliphatic carbocycles. The van der Waals surface area contributed by atoms with Gasteiger partial charge in [0.15, 0.2) is 0 Å². The highest BCUT2D eigenvalue weighted by Crippen LogP contribution is 2.34. The van der Waals surface area contributed by atoms with Gasteiger partial charge in [-0.2, -0.15) is 13.2 Å². The van der Waals surface area contributed by atoms with Gasteiger partial charge >= 0.3 is 6.18 Å². The predicted molar refractivity (Wildman–Crippen MR) is 107 cm³/mol. The Balaban J connectivity index is 1.54. The molecule has 11 heteroatoms. The van der Waals surface area contributed by atoms with Crippen molar-refractivity contribution in [1.29, 1.82) is 0 Å². The predicted octanol–water partition coefficient (Wildman–Crippen LogP) is 2.11. The molecule has 1 heterocycles. The lowest BCUT2D eigenvalue weighted by molar-refractivity contribution is -0.137. The van der Waals surface area contributed by atoms with Crippen LogP contribution in [0, 0.1) is 0 Å². The number of nitrogens with zero attached hydrogens (tertiary/aromatic N) is 2. The van der Waals surface area contributed by atoms with Crippen molar-refractivity contribution >= 4 is 27.3 Å². The van der Waals surface area contributed by atoms with E-state index in [1.165, 1.54) is 30.3 Å². The van der Waals surface area contributed by atoms with Crippen LogP contribution in [0.1, 0.15) is 5.56 Å². The van der Waals surface area contributed by atoms with Crippen molar-refractivity contribution < 1.29 is 26.4 Å². The van der Waals surface area contributed by atoms with Crippen molar-refractivity contribution in [1.82, 2.24) is 4.90 Å². The number of sulfonamides is 1. The van der Waals surface area contributed by atoms with E-state index in [9.17, 15) is 26.4 Å². The summed E-state index contributed by atoms with van der Waals surface area (Å²) in [7, 11) is -3.75. The van der Waals surface area contributed by atoms with Crippen LogP contribution in [0.15, 0.2) is 53.4 Å². The van der Waals surface area contributed by atoms with Crippen LogP contribution in [0.3, 0.4) is 0 Å².